The van der Waals surface area contributed by atoms with Gasteiger partial charge >= 0.3 is 18.2 Å². The maximum atomic E-state index is 14.2. The Labute approximate surface area is 377 Å². The molecule has 0 unspecified atom stereocenters. The molecule has 2 N–H and O–H groups in total. The van der Waals surface area contributed by atoms with Crippen molar-refractivity contribution in [1.29, 1.82) is 0 Å². The molecule has 0 spiro atoms. The lowest BCUT2D eigenvalue weighted by molar-refractivity contribution is -0.385. The van der Waals surface area contributed by atoms with Crippen LogP contribution in [0.25, 0.3) is 0 Å². The van der Waals surface area contributed by atoms with Gasteiger partial charge in [-0.15, -0.1) is 11.3 Å². The Kier molecular flexibility index (Phi) is 13.7. The summed E-state index contributed by atoms with van der Waals surface area (Å²) in [4.78, 5) is 93.1. The third kappa shape index (κ3) is 9.76. The van der Waals surface area contributed by atoms with Crippen LogP contribution < -0.4 is 5.32 Å². The van der Waals surface area contributed by atoms with E-state index in [1.165, 1.54) is 101 Å². The molecule has 2 saturated heterocycles. The smallest absolute Gasteiger partial charge is 0.411 e. The number of alkyl carbamates (subject to hydrolysis) is 1. The fourth-order valence-corrected chi connectivity index (χ4v) is 10.6. The number of nitrogens with zero attached hydrogens (tertiary/aromatic N) is 6. The van der Waals surface area contributed by atoms with Crippen molar-refractivity contribution in [2.45, 2.75) is 69.9 Å². The Hall–Kier alpha value is -6.98. The number of carbonyl (C=O) groups excluding carboxylic acids is 4. The first-order chi connectivity index (χ1) is 31.1. The molecule has 5 atom stereocenters. The maximum absolute atomic E-state index is 14.2. The van der Waals surface area contributed by atoms with Crippen LogP contribution in [0.1, 0.15) is 54.1 Å². The second-order valence-electron chi connectivity index (χ2n) is 15.4. The summed E-state index contributed by atoms with van der Waals surface area (Å²) in [6.07, 6.45) is -1.47. The SMILES string of the molecule is C[C@@H](O)[C@H]1C(=O)N2C(C(=O)OCc3ccc([N+](=O)[O-])cc3)=C(S[C@]3(c4csc(CCNC(=O)OCc5ccc([N+](=O)[O-])cc5)n4)CCCN3C(=O)OCc3ccc([N+](=O)[O-])cc3)[C@H](C)[C@H]12. The number of esters is 1. The molecule has 3 aliphatic rings. The zero-order chi connectivity index (χ0) is 46.6. The van der Waals surface area contributed by atoms with E-state index in [2.05, 4.69) is 5.32 Å². The molecule has 21 nitrogen and oxygen atoms in total. The molecule has 3 aliphatic heterocycles. The molecule has 23 heteroatoms. The van der Waals surface area contributed by atoms with E-state index < -0.39 is 67.7 Å². The number of ether oxygens (including phenoxy) is 3. The number of hydrogen-bond acceptors (Lipinski definition) is 17. The highest BCUT2D eigenvalue weighted by atomic mass is 32.2. The van der Waals surface area contributed by atoms with Gasteiger partial charge < -0.3 is 29.5 Å². The zero-order valence-electron chi connectivity index (χ0n) is 34.7. The van der Waals surface area contributed by atoms with Gasteiger partial charge in [0.1, 0.15) is 30.4 Å². The van der Waals surface area contributed by atoms with E-state index in [0.29, 0.717) is 45.1 Å². The summed E-state index contributed by atoms with van der Waals surface area (Å²) in [5.74, 6) is -2.70. The van der Waals surface area contributed by atoms with Crippen LogP contribution in [0.3, 0.4) is 0 Å². The minimum absolute atomic E-state index is 0.0614. The molecular weight excluding hydrogens is 891 g/mol. The van der Waals surface area contributed by atoms with Crippen LogP contribution >= 0.6 is 23.1 Å². The lowest BCUT2D eigenvalue weighted by atomic mass is 9.79. The number of benzene rings is 3. The second kappa shape index (κ2) is 19.4. The van der Waals surface area contributed by atoms with Crippen molar-refractivity contribution >= 4 is 64.2 Å². The lowest BCUT2D eigenvalue weighted by Gasteiger charge is -2.46. The molecule has 7 rings (SSSR count). The first-order valence-corrected chi connectivity index (χ1v) is 21.9. The number of rotatable bonds is 17. The third-order valence-corrected chi connectivity index (χ3v) is 13.9. The van der Waals surface area contributed by atoms with Gasteiger partial charge in [-0.1, -0.05) is 18.7 Å². The third-order valence-electron chi connectivity index (χ3n) is 11.2. The molecule has 4 aromatic rings. The van der Waals surface area contributed by atoms with Gasteiger partial charge in [0.05, 0.1) is 43.5 Å². The van der Waals surface area contributed by atoms with E-state index in [1.807, 2.05) is 6.92 Å². The normalized spacial score (nSPS) is 20.4. The van der Waals surface area contributed by atoms with Crippen molar-refractivity contribution in [3.8, 4) is 0 Å². The first kappa shape index (κ1) is 46.0. The van der Waals surface area contributed by atoms with Gasteiger partial charge in [-0.3, -0.25) is 40.0 Å². The van der Waals surface area contributed by atoms with Gasteiger partial charge in [0.15, 0.2) is 0 Å². The molecular formula is C42H41N7O14S2. The van der Waals surface area contributed by atoms with Gasteiger partial charge in [0.25, 0.3) is 17.1 Å². The summed E-state index contributed by atoms with van der Waals surface area (Å²) < 4.78 is 16.8. The molecule has 3 aromatic carbocycles. The summed E-state index contributed by atoms with van der Waals surface area (Å²) in [6, 6.07) is 15.9. The van der Waals surface area contributed by atoms with Crippen molar-refractivity contribution in [2.24, 2.45) is 11.8 Å². The van der Waals surface area contributed by atoms with Crippen molar-refractivity contribution in [2.75, 3.05) is 13.1 Å². The van der Waals surface area contributed by atoms with Crippen LogP contribution in [-0.4, -0.2) is 84.0 Å². The molecule has 0 radical (unpaired) electrons. The monoisotopic (exact) mass is 931 g/mol. The van der Waals surface area contributed by atoms with Crippen molar-refractivity contribution in [3.63, 3.8) is 0 Å². The number of aliphatic hydroxyl groups excluding tert-OH is 1. The molecule has 65 heavy (non-hydrogen) atoms. The lowest BCUT2D eigenvalue weighted by Crippen LogP contribution is -2.63. The topological polar surface area (TPSA) is 277 Å². The largest absolute Gasteiger partial charge is 0.456 e. The Morgan fingerprint density at radius 3 is 1.92 bits per heavy atom. The molecule has 340 valence electrons. The highest BCUT2D eigenvalue weighted by Gasteiger charge is 2.62. The predicted molar refractivity (Wildman–Crippen MR) is 230 cm³/mol. The molecule has 0 bridgehead atoms. The van der Waals surface area contributed by atoms with Gasteiger partial charge in [0.2, 0.25) is 5.91 Å². The average Bonchev–Trinajstić information content (AvgIpc) is 4.00. The number of β-lactam (4-membered cyclic amide) rings is 1. The van der Waals surface area contributed by atoms with Crippen LogP contribution in [0.4, 0.5) is 26.7 Å². The summed E-state index contributed by atoms with van der Waals surface area (Å²) in [5.41, 5.74) is 1.48. The van der Waals surface area contributed by atoms with Crippen LogP contribution in [-0.2, 0) is 54.9 Å². The predicted octanol–water partition coefficient (Wildman–Crippen LogP) is 6.47. The average molecular weight is 932 g/mol. The van der Waals surface area contributed by atoms with E-state index >= 15 is 0 Å². The highest BCUT2D eigenvalue weighted by molar-refractivity contribution is 8.04. The highest BCUT2D eigenvalue weighted by Crippen LogP contribution is 2.59. The summed E-state index contributed by atoms with van der Waals surface area (Å²) >= 11 is 2.43. The summed E-state index contributed by atoms with van der Waals surface area (Å²) in [6.45, 7) is 3.00. The maximum Gasteiger partial charge on any atom is 0.411 e. The number of non-ortho nitro benzene ring substituents is 3. The van der Waals surface area contributed by atoms with Gasteiger partial charge in [0, 0.05) is 72.1 Å². The van der Waals surface area contributed by atoms with E-state index in [9.17, 15) is 54.6 Å². The Morgan fingerprint density at radius 2 is 1.40 bits per heavy atom. The first-order valence-electron chi connectivity index (χ1n) is 20.2. The molecule has 1 aromatic heterocycles. The van der Waals surface area contributed by atoms with Gasteiger partial charge in [-0.2, -0.15) is 0 Å². The molecule has 0 saturated carbocycles. The number of aliphatic hydroxyl groups is 1. The minimum atomic E-state index is -1.32. The van der Waals surface area contributed by atoms with Crippen molar-refractivity contribution in [3.05, 3.63) is 147 Å². The van der Waals surface area contributed by atoms with Gasteiger partial charge in [-0.25, -0.2) is 19.4 Å². The van der Waals surface area contributed by atoms with E-state index in [-0.39, 0.29) is 62.1 Å². The number of nitrogens with one attached hydrogen (secondary N) is 1. The number of carbonyl (C=O) groups is 4. The Morgan fingerprint density at radius 1 is 0.877 bits per heavy atom. The standard InChI is InChI=1S/C42H41N7O14S2/c1-24-35-34(25(2)50)38(51)46(35)36(39(52)61-20-26-4-10-29(11-5-26)47(55)56)37(24)65-42(17-3-19-45(42)41(54)63-22-28-8-14-31(15-9-28)49(59)60)32-23-64-33(44-32)16-18-43-40(53)62-21-27-6-12-30(13-7-27)48(57)58/h4-15,23-25,34-35,50H,3,16-22H2,1-2H3,(H,43,53)/t24-,25-,34-,35-,42+/m1/s1. The second-order valence-corrected chi connectivity index (χ2v) is 17.7. The van der Waals surface area contributed by atoms with Crippen LogP contribution in [0.15, 0.2) is 88.8 Å². The van der Waals surface area contributed by atoms with Crippen LogP contribution in [0.5, 0.6) is 0 Å². The Balaban J connectivity index is 1.15. The number of thioether (sulfide) groups is 1. The van der Waals surface area contributed by atoms with E-state index in [0.717, 1.165) is 11.8 Å². The van der Waals surface area contributed by atoms with E-state index in [4.69, 9.17) is 19.2 Å². The van der Waals surface area contributed by atoms with E-state index in [1.54, 1.807) is 5.38 Å². The van der Waals surface area contributed by atoms with Crippen LogP contribution in [0, 0.1) is 42.2 Å². The number of likely N-dealkylation sites (tertiary alicyclic amines) is 1. The number of amides is 3. The summed E-state index contributed by atoms with van der Waals surface area (Å²) in [5, 5.41) is 49.0. The van der Waals surface area contributed by atoms with Crippen molar-refractivity contribution < 1.29 is 53.3 Å². The Bertz CT molecular complexity index is 2530. The summed E-state index contributed by atoms with van der Waals surface area (Å²) in [7, 11) is 0. The number of nitro groups is 3. The molecule has 2 fully saturated rings. The van der Waals surface area contributed by atoms with Gasteiger partial charge in [-0.05, 0) is 72.9 Å². The fourth-order valence-electron chi connectivity index (χ4n) is 7.94. The molecule has 0 aliphatic carbocycles. The number of thiazole rings is 1. The molecule has 3 amide bonds. The fraction of sp³-hybridized carbons (Fsp3) is 0.357. The zero-order valence-corrected chi connectivity index (χ0v) is 36.4. The number of aromatic nitrogens is 1. The number of hydrogen-bond donors (Lipinski definition) is 2. The molecule has 4 heterocycles. The van der Waals surface area contributed by atoms with Crippen LogP contribution in [0.2, 0.25) is 0 Å². The minimum Gasteiger partial charge on any atom is -0.456 e. The number of nitro benzene ring substituents is 3. The quantitative estimate of drug-likeness (QED) is 0.0377. The number of fused-ring (bicyclic) bond motifs is 1. The van der Waals surface area contributed by atoms with Crippen molar-refractivity contribution in [1.82, 2.24) is 20.1 Å².